The molecule has 0 bridgehead atoms. The summed E-state index contributed by atoms with van der Waals surface area (Å²) in [6.07, 6.45) is 13.9. The topological polar surface area (TPSA) is 160 Å². The number of fused-ring (bicyclic) bond motifs is 4. The SMILES string of the molecule is CN(Cc1ccc(C#N)cc1)Cc1c(-c2ccccc2)ccc2cncn12.COC(=O)c1c(-c2ccccc2)ccc2cncn12.ClCc1c(-c2ccccc2)ccc2cncn12.O=C(O)c1c(-c2ccccc2)ccc2cncn12. The van der Waals surface area contributed by atoms with Crippen LogP contribution in [0.25, 0.3) is 66.6 Å². The fourth-order valence-electron chi connectivity index (χ4n) is 9.67. The Hall–Kier alpha value is -10.5. The molecule has 0 unspecified atom stereocenters. The monoisotopic (exact) mass is 1080 g/mol. The van der Waals surface area contributed by atoms with E-state index in [2.05, 4.69) is 103 Å². The number of methoxy groups -OCH3 is 1. The van der Waals surface area contributed by atoms with Gasteiger partial charge in [-0.1, -0.05) is 146 Å². The molecule has 81 heavy (non-hydrogen) atoms. The predicted octanol–water partition coefficient (Wildman–Crippen LogP) is 13.7. The minimum Gasteiger partial charge on any atom is -0.477 e. The number of carboxylic acid groups (broad SMARTS) is 1. The van der Waals surface area contributed by atoms with Gasteiger partial charge in [-0.25, -0.2) is 29.5 Å². The molecule has 0 aliphatic carbocycles. The summed E-state index contributed by atoms with van der Waals surface area (Å²) in [5.74, 6) is -0.863. The molecule has 5 aromatic carbocycles. The Bertz CT molecular complexity index is 4290. The fourth-order valence-corrected chi connectivity index (χ4v) is 9.95. The lowest BCUT2D eigenvalue weighted by atomic mass is 10.0. The standard InChI is InChI=1S/C23H20N4.C15H12N2O2.C14H11ClN2.C14H10N2O2/c1-26(15-19-9-7-18(13-24)8-10-19)16-23-22(20-5-3-2-4-6-20)12-11-21-14-25-17-27(21)23;1-19-15(18)14-13(11-5-3-2-4-6-11)8-7-12-9-16-10-17(12)14;15-8-14-13(11-4-2-1-3-5-11)7-6-12-9-16-10-17(12)14;17-14(18)13-12(10-4-2-1-3-5-10)7-6-11-8-15-9-16(11)13/h2-12,14,17H,15-16H2,1H3;2-10H,1H3;1-7,9-10H,8H2;1-9H,(H,17,18). The summed E-state index contributed by atoms with van der Waals surface area (Å²) < 4.78 is 12.4. The zero-order chi connectivity index (χ0) is 56.1. The van der Waals surface area contributed by atoms with Gasteiger partial charge in [0.2, 0.25) is 0 Å². The number of halogens is 1. The maximum absolute atomic E-state index is 12.0. The highest BCUT2D eigenvalue weighted by atomic mass is 35.5. The van der Waals surface area contributed by atoms with Gasteiger partial charge in [-0.3, -0.25) is 13.7 Å². The van der Waals surface area contributed by atoms with Gasteiger partial charge in [-0.05, 0) is 83.4 Å². The zero-order valence-electron chi connectivity index (χ0n) is 44.2. The molecule has 0 radical (unpaired) electrons. The van der Waals surface area contributed by atoms with Gasteiger partial charge in [0.15, 0.2) is 0 Å². The first-order valence-corrected chi connectivity index (χ1v) is 26.3. The van der Waals surface area contributed by atoms with Crippen LogP contribution in [0, 0.1) is 11.3 Å². The minimum atomic E-state index is -0.961. The maximum Gasteiger partial charge on any atom is 0.355 e. The molecule has 0 saturated heterocycles. The van der Waals surface area contributed by atoms with Crippen molar-refractivity contribution in [3.8, 4) is 50.6 Å². The van der Waals surface area contributed by atoms with E-state index >= 15 is 0 Å². The molecule has 14 nitrogen and oxygen atoms in total. The van der Waals surface area contributed by atoms with Crippen LogP contribution < -0.4 is 0 Å². The number of nitrogens with zero attached hydrogens (tertiary/aromatic N) is 10. The number of nitriles is 1. The Morgan fingerprint density at radius 3 is 1.28 bits per heavy atom. The molecule has 0 spiro atoms. The number of alkyl halides is 1. The van der Waals surface area contributed by atoms with Gasteiger partial charge in [0, 0.05) is 46.7 Å². The molecule has 398 valence electrons. The summed E-state index contributed by atoms with van der Waals surface area (Å²) in [4.78, 5) is 42.3. The first-order valence-electron chi connectivity index (χ1n) is 25.8. The average Bonchev–Trinajstić information content (AvgIpc) is 4.55. The second-order valence-corrected chi connectivity index (χ2v) is 19.0. The molecule has 0 saturated carbocycles. The lowest BCUT2D eigenvalue weighted by Gasteiger charge is -2.20. The molecule has 0 aliphatic rings. The Morgan fingerprint density at radius 1 is 0.494 bits per heavy atom. The number of carbonyl (C=O) groups excluding carboxylic acids is 1. The van der Waals surface area contributed by atoms with Gasteiger partial charge in [-0.2, -0.15) is 5.26 Å². The summed E-state index contributed by atoms with van der Waals surface area (Å²) in [5.41, 5.74) is 16.8. The number of rotatable bonds is 11. The summed E-state index contributed by atoms with van der Waals surface area (Å²) in [5, 5.41) is 18.3. The van der Waals surface area contributed by atoms with E-state index in [1.165, 1.54) is 41.4 Å². The molecule has 1 N–H and O–H groups in total. The Morgan fingerprint density at radius 2 is 0.864 bits per heavy atom. The molecular weight excluding hydrogens is 1030 g/mol. The smallest absolute Gasteiger partial charge is 0.355 e. The van der Waals surface area contributed by atoms with Crippen LogP contribution in [0.1, 0.15) is 43.5 Å². The van der Waals surface area contributed by atoms with Crippen molar-refractivity contribution in [3.05, 3.63) is 278 Å². The summed E-state index contributed by atoms with van der Waals surface area (Å²) in [6.45, 7) is 1.60. The van der Waals surface area contributed by atoms with Crippen molar-refractivity contribution < 1.29 is 19.4 Å². The summed E-state index contributed by atoms with van der Waals surface area (Å²) >= 11 is 6.07. The van der Waals surface area contributed by atoms with E-state index in [9.17, 15) is 14.7 Å². The number of hydrogen-bond acceptors (Lipinski definition) is 9. The van der Waals surface area contributed by atoms with Crippen molar-refractivity contribution in [2.75, 3.05) is 14.2 Å². The summed E-state index contributed by atoms with van der Waals surface area (Å²) in [6, 6.07) is 65.8. The van der Waals surface area contributed by atoms with Gasteiger partial charge < -0.3 is 18.6 Å². The normalized spacial score (nSPS) is 10.8. The molecule has 0 atom stereocenters. The number of carboxylic acids is 1. The first-order chi connectivity index (χ1) is 39.7. The number of pyridine rings is 4. The number of esters is 1. The largest absolute Gasteiger partial charge is 0.477 e. The molecule has 0 amide bonds. The van der Waals surface area contributed by atoms with Gasteiger partial charge in [0.1, 0.15) is 11.4 Å². The van der Waals surface area contributed by atoms with E-state index in [1.807, 2.05) is 157 Å². The van der Waals surface area contributed by atoms with E-state index in [0.29, 0.717) is 22.7 Å². The van der Waals surface area contributed by atoms with Crippen molar-refractivity contribution in [1.82, 2.24) is 42.4 Å². The predicted molar refractivity (Wildman–Crippen MR) is 317 cm³/mol. The lowest BCUT2D eigenvalue weighted by molar-refractivity contribution is 0.0592. The van der Waals surface area contributed by atoms with Crippen LogP contribution in [-0.4, -0.2) is 73.6 Å². The molecule has 8 aromatic heterocycles. The van der Waals surface area contributed by atoms with Crippen molar-refractivity contribution in [2.24, 2.45) is 0 Å². The van der Waals surface area contributed by atoms with E-state index in [0.717, 1.165) is 63.1 Å². The number of imidazole rings is 4. The van der Waals surface area contributed by atoms with E-state index < -0.39 is 5.97 Å². The second kappa shape index (κ2) is 25.3. The van der Waals surface area contributed by atoms with Crippen molar-refractivity contribution in [3.63, 3.8) is 0 Å². The molecular formula is C66H53ClN10O4. The van der Waals surface area contributed by atoms with Crippen LogP contribution in [0.15, 0.2) is 244 Å². The van der Waals surface area contributed by atoms with E-state index in [1.54, 1.807) is 33.8 Å². The van der Waals surface area contributed by atoms with Crippen molar-refractivity contribution >= 4 is 45.6 Å². The second-order valence-electron chi connectivity index (χ2n) is 18.7. The molecule has 13 aromatic rings. The van der Waals surface area contributed by atoms with Crippen LogP contribution in [0.3, 0.4) is 0 Å². The Balaban J connectivity index is 0.000000123. The third-order valence-corrected chi connectivity index (χ3v) is 13.8. The Labute approximate surface area is 472 Å². The molecule has 8 heterocycles. The van der Waals surface area contributed by atoms with Gasteiger partial charge in [-0.15, -0.1) is 11.6 Å². The third-order valence-electron chi connectivity index (χ3n) is 13.5. The molecule has 13 rings (SSSR count). The number of ether oxygens (including phenoxy) is 1. The van der Waals surface area contributed by atoms with Crippen LogP contribution >= 0.6 is 11.6 Å². The number of aromatic carboxylic acids is 1. The lowest BCUT2D eigenvalue weighted by Crippen LogP contribution is -2.19. The quantitative estimate of drug-likeness (QED) is 0.0975. The highest BCUT2D eigenvalue weighted by Crippen LogP contribution is 2.30. The number of aromatic nitrogens is 8. The van der Waals surface area contributed by atoms with Crippen LogP contribution in [0.4, 0.5) is 0 Å². The number of carbonyl (C=O) groups is 2. The molecule has 0 fully saturated rings. The molecule has 0 aliphatic heterocycles. The molecule has 15 heteroatoms. The van der Waals surface area contributed by atoms with Crippen LogP contribution in [-0.2, 0) is 23.7 Å². The van der Waals surface area contributed by atoms with E-state index in [-0.39, 0.29) is 11.7 Å². The summed E-state index contributed by atoms with van der Waals surface area (Å²) in [7, 11) is 3.50. The Kier molecular flexibility index (Phi) is 16.9. The number of benzene rings is 5. The zero-order valence-corrected chi connectivity index (χ0v) is 45.0. The van der Waals surface area contributed by atoms with Crippen LogP contribution in [0.5, 0.6) is 0 Å². The highest BCUT2D eigenvalue weighted by molar-refractivity contribution is 6.17. The van der Waals surface area contributed by atoms with Crippen molar-refractivity contribution in [2.45, 2.75) is 19.0 Å². The van der Waals surface area contributed by atoms with Crippen molar-refractivity contribution in [1.29, 1.82) is 5.26 Å². The number of hydrogen-bond donors (Lipinski definition) is 1. The van der Waals surface area contributed by atoms with Gasteiger partial charge in [0.05, 0.1) is 96.8 Å². The van der Waals surface area contributed by atoms with E-state index in [4.69, 9.17) is 21.6 Å². The third kappa shape index (κ3) is 12.2. The highest BCUT2D eigenvalue weighted by Gasteiger charge is 2.19. The first kappa shape index (κ1) is 53.9. The fraction of sp³-hybridized carbons (Fsp3) is 0.0758. The minimum absolute atomic E-state index is 0.233. The van der Waals surface area contributed by atoms with Gasteiger partial charge in [0.25, 0.3) is 0 Å². The maximum atomic E-state index is 12.0. The van der Waals surface area contributed by atoms with Gasteiger partial charge >= 0.3 is 11.9 Å². The van der Waals surface area contributed by atoms with Crippen LogP contribution in [0.2, 0.25) is 0 Å². The average molecular weight is 1090 g/mol.